The Bertz CT molecular complexity index is 4130. The van der Waals surface area contributed by atoms with E-state index in [1.165, 1.54) is 155 Å². The van der Waals surface area contributed by atoms with Crippen LogP contribution in [0, 0.1) is 41.5 Å². The van der Waals surface area contributed by atoms with Crippen molar-refractivity contribution in [2.24, 2.45) is 0 Å². The van der Waals surface area contributed by atoms with Gasteiger partial charge in [-0.1, -0.05) is 145 Å². The molecule has 0 amide bonds. The Morgan fingerprint density at radius 3 is 1.09 bits per heavy atom. The number of anilines is 6. The third-order valence-corrected chi connectivity index (χ3v) is 17.1. The van der Waals surface area contributed by atoms with Gasteiger partial charge in [-0.2, -0.15) is 0 Å². The molecule has 74 heavy (non-hydrogen) atoms. The van der Waals surface area contributed by atoms with Gasteiger partial charge >= 0.3 is 13.7 Å². The number of aromatic nitrogens is 2. The van der Waals surface area contributed by atoms with Crippen molar-refractivity contribution in [2.45, 2.75) is 41.5 Å². The van der Waals surface area contributed by atoms with E-state index in [9.17, 15) is 0 Å². The van der Waals surface area contributed by atoms with Crippen molar-refractivity contribution in [2.75, 3.05) is 9.80 Å². The summed E-state index contributed by atoms with van der Waals surface area (Å²) in [5.74, 6) is 0. The highest BCUT2D eigenvalue weighted by molar-refractivity contribution is 6.92. The number of benzene rings is 10. The van der Waals surface area contributed by atoms with Gasteiger partial charge in [-0.15, -0.1) is 0 Å². The van der Waals surface area contributed by atoms with Crippen molar-refractivity contribution in [3.8, 4) is 44.5 Å². The van der Waals surface area contributed by atoms with Crippen LogP contribution >= 0.6 is 0 Å². The summed E-state index contributed by atoms with van der Waals surface area (Å²) < 4.78 is 5.56. The molecular weight excluding hydrogens is 894 g/mol. The van der Waals surface area contributed by atoms with Crippen LogP contribution in [0.2, 0.25) is 0 Å². The monoisotopic (exact) mass is 944 g/mol. The first-order valence-corrected chi connectivity index (χ1v) is 26.2. The Hall–Kier alpha value is -8.73. The Morgan fingerprint density at radius 2 is 0.689 bits per heavy atom. The highest BCUT2D eigenvalue weighted by atomic mass is 15.2. The van der Waals surface area contributed by atoms with Crippen molar-refractivity contribution in [1.82, 2.24) is 8.96 Å². The summed E-state index contributed by atoms with van der Waals surface area (Å²) in [5.41, 5.74) is 35.8. The molecular formula is C68H50B2N4. The smallest absolute Gasteiger partial charge is 0.333 e. The number of aryl methyl sites for hydroxylation is 6. The van der Waals surface area contributed by atoms with Crippen LogP contribution in [0.1, 0.15) is 33.4 Å². The third kappa shape index (κ3) is 5.39. The van der Waals surface area contributed by atoms with E-state index >= 15 is 0 Å². The molecule has 10 aromatic carbocycles. The summed E-state index contributed by atoms with van der Waals surface area (Å²) in [6.45, 7) is 13.4. The number of fused-ring (bicyclic) bond motifs is 13. The minimum Gasteiger partial charge on any atom is -0.374 e. The minimum absolute atomic E-state index is 0.0898. The van der Waals surface area contributed by atoms with Gasteiger partial charge in [-0.25, -0.2) is 0 Å². The Labute approximate surface area is 432 Å². The van der Waals surface area contributed by atoms with Crippen LogP contribution in [0.5, 0.6) is 0 Å². The van der Waals surface area contributed by atoms with Crippen LogP contribution in [0.4, 0.5) is 34.1 Å². The van der Waals surface area contributed by atoms with Gasteiger partial charge in [0.05, 0.1) is 11.0 Å². The van der Waals surface area contributed by atoms with E-state index in [2.05, 4.69) is 254 Å². The number of hydrogen-bond donors (Lipinski definition) is 0. The molecule has 0 N–H and O–H groups in total. The second kappa shape index (κ2) is 14.9. The zero-order valence-corrected chi connectivity index (χ0v) is 42.4. The number of para-hydroxylation sites is 6. The molecule has 0 atom stereocenters. The fourth-order valence-electron chi connectivity index (χ4n) is 14.8. The van der Waals surface area contributed by atoms with E-state index in [-0.39, 0.29) is 13.7 Å². The summed E-state index contributed by atoms with van der Waals surface area (Å²) in [6.07, 6.45) is 0. The lowest BCUT2D eigenvalue weighted by Crippen LogP contribution is -2.56. The Kier molecular flexibility index (Phi) is 8.44. The molecule has 4 nitrogen and oxygen atoms in total. The molecule has 4 aliphatic heterocycles. The number of hydrogen-bond acceptors (Lipinski definition) is 2. The zero-order chi connectivity index (χ0) is 49.4. The summed E-state index contributed by atoms with van der Waals surface area (Å²) in [5, 5.41) is 2.58. The standard InChI is InChI=1S/C68H50B2N4/c1-39-31-41(3)61(42(4)32-39)45-35-53-49-23-17-25-51-65(49)73(69-55-27-13-15-29-57(55)71(59(37-45)63(53)69)47-19-9-7-10-20-47)68-52-26-18-24-50-54-36-46(62-43(5)33-40(2)34-44(62)6)38-60-64(54)70(74(66(50)52)67(51)68)56-28-14-16-30-58(56)72(60)48-21-11-8-12-22-48/h7-38H,1-6H3. The molecule has 0 bridgehead atoms. The van der Waals surface area contributed by atoms with Gasteiger partial charge in [-0.3, -0.25) is 0 Å². The molecule has 6 heterocycles. The largest absolute Gasteiger partial charge is 0.374 e. The predicted octanol–water partition coefficient (Wildman–Crippen LogP) is 14.8. The van der Waals surface area contributed by atoms with Crippen molar-refractivity contribution in [3.05, 3.63) is 228 Å². The molecule has 16 rings (SSSR count). The number of nitrogens with zero attached hydrogens (tertiary/aromatic N) is 4. The molecule has 0 saturated heterocycles. The summed E-state index contributed by atoms with van der Waals surface area (Å²) in [6, 6.07) is 74.2. The van der Waals surface area contributed by atoms with Crippen LogP contribution in [-0.2, 0) is 0 Å². The summed E-state index contributed by atoms with van der Waals surface area (Å²) >= 11 is 0. The minimum atomic E-state index is -0.0898. The highest BCUT2D eigenvalue weighted by Crippen LogP contribution is 2.52. The fourth-order valence-corrected chi connectivity index (χ4v) is 14.8. The second-order valence-electron chi connectivity index (χ2n) is 21.6. The highest BCUT2D eigenvalue weighted by Gasteiger charge is 2.47. The van der Waals surface area contributed by atoms with Gasteiger partial charge in [0.1, 0.15) is 0 Å². The van der Waals surface area contributed by atoms with Crippen molar-refractivity contribution in [1.29, 1.82) is 0 Å². The van der Waals surface area contributed by atoms with E-state index in [1.807, 2.05) is 0 Å². The van der Waals surface area contributed by atoms with Crippen molar-refractivity contribution < 1.29 is 0 Å². The summed E-state index contributed by atoms with van der Waals surface area (Å²) in [4.78, 5) is 5.08. The fraction of sp³-hybridized carbons (Fsp3) is 0.0882. The van der Waals surface area contributed by atoms with Gasteiger partial charge in [-0.05, 0) is 180 Å². The van der Waals surface area contributed by atoms with Gasteiger partial charge < -0.3 is 18.8 Å². The maximum absolute atomic E-state index is 2.78. The topological polar surface area (TPSA) is 16.3 Å². The molecule has 0 radical (unpaired) electrons. The molecule has 0 fully saturated rings. The maximum atomic E-state index is 2.78. The number of rotatable bonds is 4. The van der Waals surface area contributed by atoms with E-state index in [4.69, 9.17) is 0 Å². The zero-order valence-electron chi connectivity index (χ0n) is 42.4. The first-order valence-electron chi connectivity index (χ1n) is 26.2. The Morgan fingerprint density at radius 1 is 0.311 bits per heavy atom. The first-order chi connectivity index (χ1) is 36.2. The van der Waals surface area contributed by atoms with E-state index in [0.717, 1.165) is 11.4 Å². The lowest BCUT2D eigenvalue weighted by Gasteiger charge is -2.41. The first kappa shape index (κ1) is 41.8. The normalized spacial score (nSPS) is 13.4. The molecule has 2 aromatic heterocycles. The molecule has 12 aromatic rings. The van der Waals surface area contributed by atoms with E-state index in [0.29, 0.717) is 0 Å². The molecule has 0 spiro atoms. The van der Waals surface area contributed by atoms with Gasteiger partial charge in [0, 0.05) is 67.1 Å². The molecule has 6 heteroatoms. The predicted molar refractivity (Wildman–Crippen MR) is 315 cm³/mol. The van der Waals surface area contributed by atoms with Crippen LogP contribution in [0.3, 0.4) is 0 Å². The molecule has 4 aliphatic rings. The van der Waals surface area contributed by atoms with Crippen molar-refractivity contribution >= 4 is 103 Å². The average molecular weight is 945 g/mol. The van der Waals surface area contributed by atoms with Gasteiger partial charge in [0.15, 0.2) is 0 Å². The van der Waals surface area contributed by atoms with Crippen LogP contribution in [0.15, 0.2) is 194 Å². The Balaban J connectivity index is 1.06. The third-order valence-electron chi connectivity index (χ3n) is 17.1. The average Bonchev–Trinajstić information content (AvgIpc) is 4.13. The van der Waals surface area contributed by atoms with Gasteiger partial charge in [0.25, 0.3) is 0 Å². The van der Waals surface area contributed by atoms with Crippen LogP contribution < -0.4 is 31.7 Å². The second-order valence-corrected chi connectivity index (χ2v) is 21.6. The van der Waals surface area contributed by atoms with E-state index < -0.39 is 0 Å². The molecule has 0 aliphatic carbocycles. The quantitative estimate of drug-likeness (QED) is 0.164. The molecule has 0 unspecified atom stereocenters. The lowest BCUT2D eigenvalue weighted by molar-refractivity contribution is 1.25. The maximum Gasteiger partial charge on any atom is 0.333 e. The van der Waals surface area contributed by atoms with Gasteiger partial charge in [0.2, 0.25) is 0 Å². The van der Waals surface area contributed by atoms with Crippen molar-refractivity contribution in [3.63, 3.8) is 0 Å². The SMILES string of the molecule is Cc1cc(C)c(-c2cc3c4c(c2)N(c2ccccc2)c2ccccc2B4n2c4c-3cccc4c3c2c2cccc4c2n3B2c3ccccc3N(c3ccccc3)c3cc(-c5c(C)cc(C)cc5C)cc-4c32)c(C)c1. The molecule has 0 saturated carbocycles. The van der Waals surface area contributed by atoms with Crippen LogP contribution in [-0.4, -0.2) is 22.7 Å². The lowest BCUT2D eigenvalue weighted by atomic mass is 9.45. The van der Waals surface area contributed by atoms with Crippen LogP contribution in [0.25, 0.3) is 77.3 Å². The summed E-state index contributed by atoms with van der Waals surface area (Å²) in [7, 11) is 0. The van der Waals surface area contributed by atoms with E-state index in [1.54, 1.807) is 0 Å². The molecule has 348 valence electrons.